The Kier molecular flexibility index (Phi) is 3.40. The number of para-hydroxylation sites is 1. The molecule has 0 saturated carbocycles. The van der Waals surface area contributed by atoms with Gasteiger partial charge in [-0.25, -0.2) is 0 Å². The summed E-state index contributed by atoms with van der Waals surface area (Å²) in [7, 11) is 0. The van der Waals surface area contributed by atoms with Crippen molar-refractivity contribution in [3.8, 4) is 11.1 Å². The number of benzene rings is 1. The zero-order valence-corrected chi connectivity index (χ0v) is 12.6. The van der Waals surface area contributed by atoms with Crippen LogP contribution in [-0.4, -0.2) is 9.55 Å². The Hall–Kier alpha value is -1.94. The Morgan fingerprint density at radius 1 is 1.25 bits per heavy atom. The lowest BCUT2D eigenvalue weighted by Crippen LogP contribution is -2.19. The molecule has 20 heavy (non-hydrogen) atoms. The number of fused-ring (bicyclic) bond motifs is 1. The van der Waals surface area contributed by atoms with Crippen LogP contribution in [0.3, 0.4) is 0 Å². The van der Waals surface area contributed by atoms with Crippen molar-refractivity contribution in [2.45, 2.75) is 13.5 Å². The van der Waals surface area contributed by atoms with Gasteiger partial charge in [-0.2, -0.15) is 0 Å². The van der Waals surface area contributed by atoms with E-state index >= 15 is 0 Å². The molecule has 0 N–H and O–H groups in total. The Morgan fingerprint density at radius 2 is 2.05 bits per heavy atom. The molecule has 3 rings (SSSR count). The van der Waals surface area contributed by atoms with E-state index in [1.807, 2.05) is 49.5 Å². The van der Waals surface area contributed by atoms with Gasteiger partial charge in [-0.1, -0.05) is 18.2 Å². The van der Waals surface area contributed by atoms with Gasteiger partial charge in [0.1, 0.15) is 0 Å². The molecule has 0 aliphatic carbocycles. The fourth-order valence-corrected chi connectivity index (χ4v) is 2.80. The van der Waals surface area contributed by atoms with E-state index in [1.165, 1.54) is 0 Å². The van der Waals surface area contributed by atoms with Crippen LogP contribution in [0.5, 0.6) is 0 Å². The lowest BCUT2D eigenvalue weighted by molar-refractivity contribution is 0.725. The minimum atomic E-state index is -0.00499. The van der Waals surface area contributed by atoms with Crippen LogP contribution in [0.1, 0.15) is 6.92 Å². The smallest absolute Gasteiger partial charge is 0.264 e. The molecule has 0 aliphatic rings. The highest BCUT2D eigenvalue weighted by Gasteiger charge is 2.08. The summed E-state index contributed by atoms with van der Waals surface area (Å²) in [6.07, 6.45) is 3.70. The highest BCUT2D eigenvalue weighted by Crippen LogP contribution is 2.27. The fraction of sp³-hybridized carbons (Fsp3) is 0.125. The molecule has 0 saturated heterocycles. The van der Waals surface area contributed by atoms with Crippen molar-refractivity contribution in [3.05, 3.63) is 63.6 Å². The van der Waals surface area contributed by atoms with E-state index in [0.29, 0.717) is 11.0 Å². The van der Waals surface area contributed by atoms with Crippen LogP contribution >= 0.6 is 15.9 Å². The highest BCUT2D eigenvalue weighted by atomic mass is 79.9. The summed E-state index contributed by atoms with van der Waals surface area (Å²) in [5.41, 5.74) is 3.04. The van der Waals surface area contributed by atoms with Crippen molar-refractivity contribution in [2.24, 2.45) is 0 Å². The summed E-state index contributed by atoms with van der Waals surface area (Å²) >= 11 is 3.35. The van der Waals surface area contributed by atoms with Crippen LogP contribution in [0.2, 0.25) is 0 Å². The third kappa shape index (κ3) is 2.16. The van der Waals surface area contributed by atoms with Crippen LogP contribution in [0.4, 0.5) is 0 Å². The molecule has 3 nitrogen and oxygen atoms in total. The van der Waals surface area contributed by atoms with E-state index in [4.69, 9.17) is 0 Å². The number of rotatable bonds is 2. The Balaban J connectivity index is 2.31. The molecule has 0 unspecified atom stereocenters. The van der Waals surface area contributed by atoms with Crippen molar-refractivity contribution >= 4 is 26.8 Å². The monoisotopic (exact) mass is 328 g/mol. The first kappa shape index (κ1) is 13.1. The van der Waals surface area contributed by atoms with Crippen LogP contribution in [0.15, 0.2) is 58.1 Å². The van der Waals surface area contributed by atoms with E-state index < -0.39 is 0 Å². The normalized spacial score (nSPS) is 10.9. The third-order valence-corrected chi connectivity index (χ3v) is 3.91. The highest BCUT2D eigenvalue weighted by molar-refractivity contribution is 9.10. The molecular formula is C16H13BrN2O. The largest absolute Gasteiger partial charge is 0.314 e. The number of pyridine rings is 2. The topological polar surface area (TPSA) is 34.9 Å². The predicted molar refractivity (Wildman–Crippen MR) is 84.8 cm³/mol. The van der Waals surface area contributed by atoms with E-state index in [-0.39, 0.29) is 5.56 Å². The van der Waals surface area contributed by atoms with E-state index in [0.717, 1.165) is 22.0 Å². The van der Waals surface area contributed by atoms with Gasteiger partial charge in [0.05, 0.1) is 9.99 Å². The molecule has 0 spiro atoms. The van der Waals surface area contributed by atoms with Gasteiger partial charge in [0.2, 0.25) is 0 Å². The molecule has 2 aromatic heterocycles. The molecular weight excluding hydrogens is 316 g/mol. The number of aromatic nitrogens is 2. The Labute approximate surface area is 125 Å². The number of hydrogen-bond donors (Lipinski definition) is 0. The first-order valence-electron chi connectivity index (χ1n) is 6.45. The predicted octanol–water partition coefficient (Wildman–Crippen LogP) is 3.85. The zero-order chi connectivity index (χ0) is 14.1. The Morgan fingerprint density at radius 3 is 2.85 bits per heavy atom. The summed E-state index contributed by atoms with van der Waals surface area (Å²) in [5, 5.41) is 1.09. The first-order chi connectivity index (χ1) is 9.70. The van der Waals surface area contributed by atoms with Gasteiger partial charge in [-0.15, -0.1) is 0 Å². The standard InChI is InChI=1S/C16H13BrN2O/c1-2-19-10-11(9-14(17)16(19)20)12-7-8-18-15-6-4-3-5-13(12)15/h3-10H,2H2,1H3. The molecule has 0 bridgehead atoms. The maximum Gasteiger partial charge on any atom is 0.264 e. The number of hydrogen-bond acceptors (Lipinski definition) is 2. The molecule has 0 fully saturated rings. The van der Waals surface area contributed by atoms with Crippen molar-refractivity contribution in [2.75, 3.05) is 0 Å². The second-order valence-electron chi connectivity index (χ2n) is 4.54. The lowest BCUT2D eigenvalue weighted by atomic mass is 10.0. The summed E-state index contributed by atoms with van der Waals surface area (Å²) in [6, 6.07) is 11.9. The molecule has 1 aromatic carbocycles. The molecule has 4 heteroatoms. The first-order valence-corrected chi connectivity index (χ1v) is 7.24. The maximum absolute atomic E-state index is 12.0. The van der Waals surface area contributed by atoms with Gasteiger partial charge in [0.25, 0.3) is 5.56 Å². The Bertz CT molecular complexity index is 834. The number of halogens is 1. The minimum Gasteiger partial charge on any atom is -0.314 e. The minimum absolute atomic E-state index is 0.00499. The van der Waals surface area contributed by atoms with Crippen molar-refractivity contribution < 1.29 is 0 Å². The van der Waals surface area contributed by atoms with E-state index in [2.05, 4.69) is 20.9 Å². The van der Waals surface area contributed by atoms with Gasteiger partial charge in [-0.3, -0.25) is 9.78 Å². The second kappa shape index (κ2) is 5.21. The maximum atomic E-state index is 12.0. The molecule has 0 atom stereocenters. The van der Waals surface area contributed by atoms with Gasteiger partial charge in [0, 0.05) is 29.9 Å². The summed E-state index contributed by atoms with van der Waals surface area (Å²) in [6.45, 7) is 2.61. The van der Waals surface area contributed by atoms with Crippen molar-refractivity contribution in [3.63, 3.8) is 0 Å². The number of aryl methyl sites for hydroxylation is 1. The van der Waals surface area contributed by atoms with Crippen molar-refractivity contribution in [1.29, 1.82) is 0 Å². The van der Waals surface area contributed by atoms with Crippen LogP contribution in [0, 0.1) is 0 Å². The fourth-order valence-electron chi connectivity index (χ4n) is 2.33. The summed E-state index contributed by atoms with van der Waals surface area (Å²) < 4.78 is 2.28. The molecule has 2 heterocycles. The van der Waals surface area contributed by atoms with E-state index in [9.17, 15) is 4.79 Å². The molecule has 3 aromatic rings. The second-order valence-corrected chi connectivity index (χ2v) is 5.40. The van der Waals surface area contributed by atoms with Crippen LogP contribution < -0.4 is 5.56 Å². The summed E-state index contributed by atoms with van der Waals surface area (Å²) in [4.78, 5) is 16.3. The SMILES string of the molecule is CCn1cc(-c2ccnc3ccccc23)cc(Br)c1=O. The van der Waals surface area contributed by atoms with Crippen molar-refractivity contribution in [1.82, 2.24) is 9.55 Å². The molecule has 100 valence electrons. The van der Waals surface area contributed by atoms with Gasteiger partial charge >= 0.3 is 0 Å². The van der Waals surface area contributed by atoms with Gasteiger partial charge in [0.15, 0.2) is 0 Å². The molecule has 0 aliphatic heterocycles. The average Bonchev–Trinajstić information content (AvgIpc) is 2.49. The van der Waals surface area contributed by atoms with E-state index in [1.54, 1.807) is 10.8 Å². The van der Waals surface area contributed by atoms with Gasteiger partial charge < -0.3 is 4.57 Å². The molecule has 0 amide bonds. The third-order valence-electron chi connectivity index (χ3n) is 3.34. The molecule has 0 radical (unpaired) electrons. The van der Waals surface area contributed by atoms with Crippen LogP contribution in [-0.2, 0) is 6.54 Å². The van der Waals surface area contributed by atoms with Gasteiger partial charge in [-0.05, 0) is 46.6 Å². The average molecular weight is 329 g/mol. The summed E-state index contributed by atoms with van der Waals surface area (Å²) in [5.74, 6) is 0. The van der Waals surface area contributed by atoms with Crippen LogP contribution in [0.25, 0.3) is 22.0 Å². The number of nitrogens with zero attached hydrogens (tertiary/aromatic N) is 2. The zero-order valence-electron chi connectivity index (χ0n) is 11.0. The lowest BCUT2D eigenvalue weighted by Gasteiger charge is -2.10. The quantitative estimate of drug-likeness (QED) is 0.716.